The zero-order valence-electron chi connectivity index (χ0n) is 11.4. The lowest BCUT2D eigenvalue weighted by molar-refractivity contribution is 0.0689. The van der Waals surface area contributed by atoms with Crippen molar-refractivity contribution in [2.24, 2.45) is 5.92 Å². The Morgan fingerprint density at radius 1 is 1.33 bits per heavy atom. The highest BCUT2D eigenvalue weighted by Gasteiger charge is 2.12. The monoisotopic (exact) mass is 289 g/mol. The number of carboxylic acids is 1. The highest BCUT2D eigenvalue weighted by molar-refractivity contribution is 5.92. The van der Waals surface area contributed by atoms with Gasteiger partial charge in [-0.2, -0.15) is 0 Å². The van der Waals surface area contributed by atoms with Crippen LogP contribution >= 0.6 is 0 Å². The first-order valence-corrected chi connectivity index (χ1v) is 6.35. The average molecular weight is 289 g/mol. The van der Waals surface area contributed by atoms with Crippen LogP contribution in [-0.4, -0.2) is 43.0 Å². The van der Waals surface area contributed by atoms with Crippen molar-refractivity contribution in [3.05, 3.63) is 42.5 Å². The number of rotatable bonds is 6. The number of carboxylic acid groups (broad SMARTS) is 1. The molecular weight excluding hydrogens is 274 g/mol. The van der Waals surface area contributed by atoms with Gasteiger partial charge in [-0.05, 0) is 5.92 Å². The number of hydrogen-bond acceptors (Lipinski definition) is 5. The van der Waals surface area contributed by atoms with Crippen molar-refractivity contribution in [2.45, 2.75) is 13.5 Å². The smallest absolute Gasteiger partial charge is 0.356 e. The summed E-state index contributed by atoms with van der Waals surface area (Å²) in [6.45, 7) is 3.21. The van der Waals surface area contributed by atoms with Crippen LogP contribution in [0.4, 0.5) is 0 Å². The third kappa shape index (κ3) is 4.10. The molecule has 0 bridgehead atoms. The second-order valence-corrected chi connectivity index (χ2v) is 4.67. The van der Waals surface area contributed by atoms with Crippen LogP contribution in [0.5, 0.6) is 0 Å². The molecule has 2 N–H and O–H groups in total. The van der Waals surface area contributed by atoms with Crippen LogP contribution in [0.1, 0.15) is 27.9 Å². The van der Waals surface area contributed by atoms with Gasteiger partial charge in [0.2, 0.25) is 0 Å². The van der Waals surface area contributed by atoms with E-state index >= 15 is 0 Å². The van der Waals surface area contributed by atoms with Gasteiger partial charge in [0, 0.05) is 25.5 Å². The van der Waals surface area contributed by atoms with Gasteiger partial charge in [0.15, 0.2) is 5.69 Å². The summed E-state index contributed by atoms with van der Waals surface area (Å²) < 4.78 is 1.93. The molecule has 2 heterocycles. The molecule has 1 atom stereocenters. The number of aromatic nitrogens is 4. The van der Waals surface area contributed by atoms with Gasteiger partial charge in [0.25, 0.3) is 5.91 Å². The van der Waals surface area contributed by atoms with Crippen LogP contribution in [0.3, 0.4) is 0 Å². The lowest BCUT2D eigenvalue weighted by atomic mass is 10.2. The minimum absolute atomic E-state index is 0.0924. The van der Waals surface area contributed by atoms with Crippen molar-refractivity contribution in [3.8, 4) is 0 Å². The quantitative estimate of drug-likeness (QED) is 0.798. The van der Waals surface area contributed by atoms with E-state index in [1.165, 1.54) is 0 Å². The molecule has 2 rings (SSSR count). The Morgan fingerprint density at radius 2 is 2.05 bits per heavy atom. The summed E-state index contributed by atoms with van der Waals surface area (Å²) >= 11 is 0. The van der Waals surface area contributed by atoms with E-state index in [-0.39, 0.29) is 23.2 Å². The molecular formula is C13H15N5O3. The first-order valence-electron chi connectivity index (χ1n) is 6.35. The number of imidazole rings is 1. The van der Waals surface area contributed by atoms with E-state index in [0.717, 1.165) is 18.9 Å². The number of nitrogens with zero attached hydrogens (tertiary/aromatic N) is 4. The van der Waals surface area contributed by atoms with Crippen molar-refractivity contribution >= 4 is 11.9 Å². The van der Waals surface area contributed by atoms with Gasteiger partial charge in [-0.3, -0.25) is 4.79 Å². The molecule has 0 aromatic carbocycles. The zero-order valence-corrected chi connectivity index (χ0v) is 11.4. The molecule has 8 heteroatoms. The first-order chi connectivity index (χ1) is 10.1. The molecule has 110 valence electrons. The van der Waals surface area contributed by atoms with E-state index in [9.17, 15) is 9.59 Å². The fourth-order valence-corrected chi connectivity index (χ4v) is 1.73. The summed E-state index contributed by atoms with van der Waals surface area (Å²) in [7, 11) is 0. The molecule has 0 saturated heterocycles. The van der Waals surface area contributed by atoms with E-state index < -0.39 is 5.97 Å². The third-order valence-electron chi connectivity index (χ3n) is 2.80. The fourth-order valence-electron chi connectivity index (χ4n) is 1.73. The molecule has 21 heavy (non-hydrogen) atoms. The van der Waals surface area contributed by atoms with Gasteiger partial charge in [0.05, 0.1) is 18.7 Å². The largest absolute Gasteiger partial charge is 0.476 e. The Morgan fingerprint density at radius 3 is 2.62 bits per heavy atom. The molecule has 1 amide bonds. The number of carbonyl (C=O) groups excluding carboxylic acids is 1. The van der Waals surface area contributed by atoms with Gasteiger partial charge in [-0.1, -0.05) is 6.92 Å². The van der Waals surface area contributed by atoms with Gasteiger partial charge >= 0.3 is 5.97 Å². The lowest BCUT2D eigenvalue weighted by Gasteiger charge is -2.12. The van der Waals surface area contributed by atoms with E-state index in [4.69, 9.17) is 5.11 Å². The second kappa shape index (κ2) is 6.60. The van der Waals surface area contributed by atoms with Crippen molar-refractivity contribution < 1.29 is 14.7 Å². The maximum absolute atomic E-state index is 11.9. The minimum atomic E-state index is -1.18. The van der Waals surface area contributed by atoms with Crippen LogP contribution in [0.15, 0.2) is 31.1 Å². The summed E-state index contributed by atoms with van der Waals surface area (Å²) in [6.07, 6.45) is 7.49. The Hall–Kier alpha value is -2.77. The molecule has 1 unspecified atom stereocenters. The number of carbonyl (C=O) groups is 2. The summed E-state index contributed by atoms with van der Waals surface area (Å²) in [4.78, 5) is 33.9. The number of hydrogen-bond donors (Lipinski definition) is 2. The minimum Gasteiger partial charge on any atom is -0.476 e. The SMILES string of the molecule is CC(CNC(=O)c1cnc(C(=O)O)cn1)Cn1ccnc1. The summed E-state index contributed by atoms with van der Waals surface area (Å²) in [6, 6.07) is 0. The maximum atomic E-state index is 11.9. The molecule has 0 aliphatic heterocycles. The molecule has 2 aromatic heterocycles. The fraction of sp³-hybridized carbons (Fsp3) is 0.308. The average Bonchev–Trinajstić information content (AvgIpc) is 2.97. The normalized spacial score (nSPS) is 11.9. The predicted octanol–water partition coefficient (Wildman–Crippen LogP) is 0.437. The molecule has 0 saturated carbocycles. The Bertz CT molecular complexity index is 609. The van der Waals surface area contributed by atoms with Crippen molar-refractivity contribution in [3.63, 3.8) is 0 Å². The molecule has 0 radical (unpaired) electrons. The highest BCUT2D eigenvalue weighted by atomic mass is 16.4. The molecule has 8 nitrogen and oxygen atoms in total. The number of nitrogens with one attached hydrogen (secondary N) is 1. The van der Waals surface area contributed by atoms with Crippen LogP contribution in [-0.2, 0) is 6.54 Å². The Kier molecular flexibility index (Phi) is 4.60. The Balaban J connectivity index is 1.85. The summed E-state index contributed by atoms with van der Waals surface area (Å²) in [5.41, 5.74) is -0.102. The zero-order chi connectivity index (χ0) is 15.2. The first kappa shape index (κ1) is 14.6. The van der Waals surface area contributed by atoms with Crippen molar-refractivity contribution in [1.82, 2.24) is 24.8 Å². The van der Waals surface area contributed by atoms with E-state index in [2.05, 4.69) is 20.3 Å². The summed E-state index contributed by atoms with van der Waals surface area (Å²) in [5, 5.41) is 11.4. The molecule has 0 spiro atoms. The van der Waals surface area contributed by atoms with Crippen LogP contribution < -0.4 is 5.32 Å². The predicted molar refractivity (Wildman–Crippen MR) is 72.7 cm³/mol. The second-order valence-electron chi connectivity index (χ2n) is 4.67. The van der Waals surface area contributed by atoms with Crippen LogP contribution in [0.2, 0.25) is 0 Å². The number of amides is 1. The molecule has 0 fully saturated rings. The molecule has 0 aliphatic rings. The Labute approximate surface area is 120 Å². The van der Waals surface area contributed by atoms with Crippen LogP contribution in [0, 0.1) is 5.92 Å². The van der Waals surface area contributed by atoms with Gasteiger partial charge in [-0.25, -0.2) is 19.7 Å². The summed E-state index contributed by atoms with van der Waals surface area (Å²) in [5.74, 6) is -1.34. The standard InChI is InChI=1S/C13H15N5O3/c1-9(7-18-3-2-14-8-18)4-17-12(19)10-5-16-11(6-15-10)13(20)21/h2-3,5-6,8-9H,4,7H2,1H3,(H,17,19)(H,20,21). The lowest BCUT2D eigenvalue weighted by Crippen LogP contribution is -2.30. The van der Waals surface area contributed by atoms with Gasteiger partial charge in [-0.15, -0.1) is 0 Å². The van der Waals surface area contributed by atoms with Gasteiger partial charge < -0.3 is 15.0 Å². The van der Waals surface area contributed by atoms with E-state index in [0.29, 0.717) is 6.54 Å². The van der Waals surface area contributed by atoms with Crippen molar-refractivity contribution in [2.75, 3.05) is 6.54 Å². The van der Waals surface area contributed by atoms with Gasteiger partial charge in [0.1, 0.15) is 5.69 Å². The highest BCUT2D eigenvalue weighted by Crippen LogP contribution is 2.00. The van der Waals surface area contributed by atoms with Crippen LogP contribution in [0.25, 0.3) is 0 Å². The number of aromatic carboxylic acids is 1. The maximum Gasteiger partial charge on any atom is 0.356 e. The third-order valence-corrected chi connectivity index (χ3v) is 2.80. The van der Waals surface area contributed by atoms with E-state index in [1.807, 2.05) is 17.7 Å². The molecule has 0 aliphatic carbocycles. The molecule has 2 aromatic rings. The topological polar surface area (TPSA) is 110 Å². The van der Waals surface area contributed by atoms with E-state index in [1.54, 1.807) is 12.5 Å². The van der Waals surface area contributed by atoms with Crippen molar-refractivity contribution in [1.29, 1.82) is 0 Å².